The summed E-state index contributed by atoms with van der Waals surface area (Å²) in [6.07, 6.45) is 2.45. The molecule has 4 amide bonds. The van der Waals surface area contributed by atoms with Crippen LogP contribution in [0.1, 0.15) is 46.5 Å². The molecule has 280 valence electrons. The minimum absolute atomic E-state index is 0.0282. The lowest BCUT2D eigenvalue weighted by molar-refractivity contribution is -0.146. The molecule has 3 fully saturated rings. The number of ether oxygens (including phenoxy) is 3. The number of fused-ring (bicyclic) bond motifs is 2. The highest BCUT2D eigenvalue weighted by molar-refractivity contribution is 7.91. The number of likely N-dealkylation sites (tertiary alicyclic amines) is 1. The van der Waals surface area contributed by atoms with Crippen molar-refractivity contribution in [1.82, 2.24) is 25.2 Å². The van der Waals surface area contributed by atoms with Crippen LogP contribution < -0.4 is 29.6 Å². The van der Waals surface area contributed by atoms with E-state index in [0.29, 0.717) is 30.2 Å². The van der Waals surface area contributed by atoms with E-state index in [2.05, 4.69) is 26.9 Å². The van der Waals surface area contributed by atoms with Crippen molar-refractivity contribution in [2.45, 2.75) is 81.5 Å². The second kappa shape index (κ2) is 13.7. The van der Waals surface area contributed by atoms with E-state index in [-0.39, 0.29) is 26.0 Å². The van der Waals surface area contributed by atoms with Gasteiger partial charge in [-0.2, -0.15) is 0 Å². The Morgan fingerprint density at radius 2 is 1.75 bits per heavy atom. The maximum absolute atomic E-state index is 14.7. The number of amides is 4. The largest absolute Gasteiger partial charge is 0.485 e. The highest BCUT2D eigenvalue weighted by Crippen LogP contribution is 2.45. The fourth-order valence-corrected chi connectivity index (χ4v) is 8.30. The first-order valence-corrected chi connectivity index (χ1v) is 19.2. The van der Waals surface area contributed by atoms with Gasteiger partial charge in [0.25, 0.3) is 11.8 Å². The molecule has 0 spiro atoms. The van der Waals surface area contributed by atoms with Gasteiger partial charge in [0, 0.05) is 23.9 Å². The van der Waals surface area contributed by atoms with E-state index in [1.54, 1.807) is 51.2 Å². The number of pyridine rings is 1. The van der Waals surface area contributed by atoms with Crippen molar-refractivity contribution >= 4 is 44.4 Å². The van der Waals surface area contributed by atoms with Crippen LogP contribution in [0.4, 0.5) is 0 Å². The zero-order valence-electron chi connectivity index (χ0n) is 29.7. The molecule has 2 saturated carbocycles. The molecule has 1 saturated heterocycles. The summed E-state index contributed by atoms with van der Waals surface area (Å²) >= 11 is 0. The Kier molecular flexibility index (Phi) is 9.33. The number of para-hydroxylation sites is 2. The van der Waals surface area contributed by atoms with Crippen LogP contribution in [-0.2, 0) is 29.2 Å². The second-order valence-electron chi connectivity index (χ2n) is 15.2. The van der Waals surface area contributed by atoms with Crippen molar-refractivity contribution in [3.8, 4) is 17.4 Å². The van der Waals surface area contributed by atoms with Crippen LogP contribution in [-0.4, -0.2) is 90.2 Å². The minimum Gasteiger partial charge on any atom is -0.485 e. The molecule has 3 aromatic rings. The van der Waals surface area contributed by atoms with Crippen LogP contribution in [0.25, 0.3) is 10.8 Å². The molecule has 2 aliphatic carbocycles. The first kappa shape index (κ1) is 36.2. The number of sulfonamides is 1. The van der Waals surface area contributed by atoms with Gasteiger partial charge in [0.2, 0.25) is 33.8 Å². The van der Waals surface area contributed by atoms with E-state index < -0.39 is 80.1 Å². The number of rotatable bonds is 11. The molecule has 0 radical (unpaired) electrons. The molecule has 1 aromatic heterocycles. The van der Waals surface area contributed by atoms with Crippen LogP contribution in [0.2, 0.25) is 0 Å². The molecule has 15 heteroatoms. The van der Waals surface area contributed by atoms with Crippen molar-refractivity contribution in [2.24, 2.45) is 11.3 Å². The summed E-state index contributed by atoms with van der Waals surface area (Å²) in [6.45, 7) is 9.04. The molecule has 3 N–H and O–H groups in total. The predicted molar refractivity (Wildman–Crippen MR) is 193 cm³/mol. The highest BCUT2D eigenvalue weighted by atomic mass is 32.2. The third-order valence-electron chi connectivity index (χ3n) is 10.2. The summed E-state index contributed by atoms with van der Waals surface area (Å²) in [6, 6.07) is 14.1. The fourth-order valence-electron chi connectivity index (χ4n) is 6.94. The van der Waals surface area contributed by atoms with E-state index in [1.165, 1.54) is 11.0 Å². The summed E-state index contributed by atoms with van der Waals surface area (Å²) in [5.74, 6) is -1.93. The Labute approximate surface area is 307 Å². The van der Waals surface area contributed by atoms with Gasteiger partial charge in [-0.15, -0.1) is 6.58 Å². The number of carbonyl (C=O) groups is 4. The molecule has 2 aromatic carbocycles. The van der Waals surface area contributed by atoms with Gasteiger partial charge < -0.3 is 29.7 Å². The van der Waals surface area contributed by atoms with Crippen LogP contribution in [0, 0.1) is 11.3 Å². The van der Waals surface area contributed by atoms with Gasteiger partial charge in [0.1, 0.15) is 30.3 Å². The summed E-state index contributed by atoms with van der Waals surface area (Å²) in [7, 11) is -3.90. The van der Waals surface area contributed by atoms with Crippen LogP contribution >= 0.6 is 0 Å². The lowest BCUT2D eigenvalue weighted by Crippen LogP contribution is -2.61. The molecular formula is C38H43N5O9S. The third-order valence-corrected chi connectivity index (χ3v) is 12.0. The van der Waals surface area contributed by atoms with Crippen LogP contribution in [0.3, 0.4) is 0 Å². The third kappa shape index (κ3) is 7.26. The van der Waals surface area contributed by atoms with E-state index in [4.69, 9.17) is 14.2 Å². The van der Waals surface area contributed by atoms with Crippen molar-refractivity contribution in [1.29, 1.82) is 0 Å². The van der Waals surface area contributed by atoms with Crippen molar-refractivity contribution < 1.29 is 41.8 Å². The first-order chi connectivity index (χ1) is 25.2. The molecule has 2 aliphatic heterocycles. The Hall–Kier alpha value is -5.18. The van der Waals surface area contributed by atoms with Gasteiger partial charge in [-0.1, -0.05) is 57.2 Å². The maximum Gasteiger partial charge on any atom is 0.265 e. The number of benzene rings is 2. The molecule has 14 nitrogen and oxygen atoms in total. The van der Waals surface area contributed by atoms with Gasteiger partial charge in [-0.25, -0.2) is 13.4 Å². The Morgan fingerprint density at radius 3 is 2.45 bits per heavy atom. The van der Waals surface area contributed by atoms with Gasteiger partial charge >= 0.3 is 0 Å². The average Bonchev–Trinajstić information content (AvgIpc) is 4.06. The Balaban J connectivity index is 1.15. The van der Waals surface area contributed by atoms with E-state index in [0.717, 1.165) is 10.8 Å². The summed E-state index contributed by atoms with van der Waals surface area (Å²) in [5, 5.41) is 6.64. The van der Waals surface area contributed by atoms with Crippen LogP contribution in [0.15, 0.2) is 73.4 Å². The number of hydrogen-bond donors (Lipinski definition) is 3. The van der Waals surface area contributed by atoms with Gasteiger partial charge in [0.05, 0.1) is 11.8 Å². The predicted octanol–water partition coefficient (Wildman–Crippen LogP) is 2.62. The number of aromatic nitrogens is 1. The molecule has 53 heavy (non-hydrogen) atoms. The standard InChI is InChI=1S/C38H43N5O9S/c1-5-23-19-38(23,36(47)42-53(48,49)25-14-15-25)41-32(44)27-18-24(51-34-26-11-7-6-10-22(26)16-17-39-34)20-43(27)35(46)31(37(2,3)4)40-33(45)30-21-50-28-12-8-9-13-29(28)52-30/h5-13,16-17,23-25,27,30-31H,1,14-15,18-21H2,2-4H3,(H,40,45)(H,41,44)(H,42,47)/t23-,24+,27+,30-,31+,38-/m0/s1. The zero-order valence-corrected chi connectivity index (χ0v) is 30.6. The fraction of sp³-hybridized carbons (Fsp3) is 0.447. The number of hydrogen-bond acceptors (Lipinski definition) is 10. The van der Waals surface area contributed by atoms with Crippen LogP contribution in [0.5, 0.6) is 17.4 Å². The molecule has 0 unspecified atom stereocenters. The maximum atomic E-state index is 14.7. The Morgan fingerprint density at radius 1 is 1.04 bits per heavy atom. The van der Waals surface area contributed by atoms with E-state index in [1.807, 2.05) is 30.3 Å². The van der Waals surface area contributed by atoms with Crippen molar-refractivity contribution in [2.75, 3.05) is 13.2 Å². The lowest BCUT2D eigenvalue weighted by Gasteiger charge is -2.36. The molecule has 3 heterocycles. The zero-order chi connectivity index (χ0) is 37.7. The van der Waals surface area contributed by atoms with Crippen molar-refractivity contribution in [3.05, 3.63) is 73.4 Å². The Bertz CT molecular complexity index is 2080. The summed E-state index contributed by atoms with van der Waals surface area (Å²) in [5.41, 5.74) is -2.39. The van der Waals surface area contributed by atoms with Gasteiger partial charge in [-0.3, -0.25) is 23.9 Å². The molecule has 6 atom stereocenters. The van der Waals surface area contributed by atoms with E-state index >= 15 is 0 Å². The van der Waals surface area contributed by atoms with Gasteiger partial charge in [0.15, 0.2) is 11.5 Å². The lowest BCUT2D eigenvalue weighted by atomic mass is 9.85. The quantitative estimate of drug-likeness (QED) is 0.247. The molecule has 4 aliphatic rings. The first-order valence-electron chi connectivity index (χ1n) is 17.7. The summed E-state index contributed by atoms with van der Waals surface area (Å²) in [4.78, 5) is 61.9. The minimum atomic E-state index is -3.90. The number of nitrogens with zero attached hydrogens (tertiary/aromatic N) is 2. The topological polar surface area (TPSA) is 182 Å². The van der Waals surface area contributed by atoms with Crippen molar-refractivity contribution in [3.63, 3.8) is 0 Å². The number of nitrogens with one attached hydrogen (secondary N) is 3. The van der Waals surface area contributed by atoms with Gasteiger partial charge in [-0.05, 0) is 54.3 Å². The normalized spacial score (nSPS) is 25.5. The average molecular weight is 746 g/mol. The summed E-state index contributed by atoms with van der Waals surface area (Å²) < 4.78 is 45.6. The molecule has 7 rings (SSSR count). The second-order valence-corrected chi connectivity index (χ2v) is 17.1. The SMILES string of the molecule is C=C[C@H]1C[C@@]1(NC(=O)[C@H]1C[C@@H](Oc2nccc3ccccc23)CN1C(=O)[C@@H](NC(=O)[C@@H]1COc2ccccc2O1)C(C)(C)C)C(=O)NS(=O)(=O)C1CC1. The molecular weight excluding hydrogens is 703 g/mol. The molecule has 0 bridgehead atoms. The smallest absolute Gasteiger partial charge is 0.265 e. The highest BCUT2D eigenvalue weighted by Gasteiger charge is 2.62. The number of carbonyl (C=O) groups excluding carboxylic acids is 4. The monoisotopic (exact) mass is 745 g/mol. The van der Waals surface area contributed by atoms with E-state index in [9.17, 15) is 27.6 Å².